The van der Waals surface area contributed by atoms with Crippen LogP contribution >= 0.6 is 11.6 Å². The zero-order valence-corrected chi connectivity index (χ0v) is 19.9. The van der Waals surface area contributed by atoms with E-state index in [0.717, 1.165) is 5.56 Å². The van der Waals surface area contributed by atoms with Crippen molar-refractivity contribution in [2.75, 3.05) is 6.61 Å². The molecule has 0 bridgehead atoms. The molecule has 0 heterocycles. The lowest BCUT2D eigenvalue weighted by atomic mass is 10.0. The highest BCUT2D eigenvalue weighted by molar-refractivity contribution is 7.89. The number of carbonyl (C=O) groups is 1. The van der Waals surface area contributed by atoms with Crippen molar-refractivity contribution < 1.29 is 22.3 Å². The van der Waals surface area contributed by atoms with Crippen LogP contribution in [0.25, 0.3) is 0 Å². The molecule has 3 rings (SSSR count). The Hall–Kier alpha value is -2.74. The number of halogens is 2. The summed E-state index contributed by atoms with van der Waals surface area (Å²) in [6, 6.07) is 18.8. The number of carbonyl (C=O) groups excluding carboxylic acids is 1. The van der Waals surface area contributed by atoms with Gasteiger partial charge in [0.05, 0.1) is 23.1 Å². The van der Waals surface area contributed by atoms with Crippen LogP contribution < -0.4 is 0 Å². The van der Waals surface area contributed by atoms with E-state index in [9.17, 15) is 17.6 Å². The second kappa shape index (κ2) is 10.9. The maximum absolute atomic E-state index is 14.7. The third kappa shape index (κ3) is 5.79. The average Bonchev–Trinajstić information content (AvgIpc) is 2.80. The molecular weight excluding hydrogens is 465 g/mol. The van der Waals surface area contributed by atoms with E-state index < -0.39 is 27.9 Å². The van der Waals surface area contributed by atoms with Crippen molar-refractivity contribution in [3.05, 3.63) is 100 Å². The van der Waals surface area contributed by atoms with Crippen LogP contribution in [-0.2, 0) is 21.3 Å². The van der Waals surface area contributed by atoms with Gasteiger partial charge < -0.3 is 4.74 Å². The highest BCUT2D eigenvalue weighted by Crippen LogP contribution is 2.32. The molecule has 0 amide bonds. The molecule has 0 aliphatic rings. The standard InChI is InChI=1S/C25H25ClFNO4S/c1-3-24(19-8-6-5-7-9-19)28(33(30,31)21-13-11-20(26)12-14-21)17-18-10-15-22(23(27)16-18)25(29)32-4-2/h5-16,24H,3-4,17H2,1-2H3. The minimum atomic E-state index is -3.96. The van der Waals surface area contributed by atoms with Gasteiger partial charge in [0.2, 0.25) is 10.0 Å². The summed E-state index contributed by atoms with van der Waals surface area (Å²) in [5, 5.41) is 0.423. The Balaban J connectivity index is 2.05. The molecule has 3 aromatic carbocycles. The van der Waals surface area contributed by atoms with Crippen molar-refractivity contribution in [2.24, 2.45) is 0 Å². The van der Waals surface area contributed by atoms with Gasteiger partial charge in [0, 0.05) is 11.6 Å². The summed E-state index contributed by atoms with van der Waals surface area (Å²) in [4.78, 5) is 12.0. The molecule has 8 heteroatoms. The molecule has 0 saturated carbocycles. The van der Waals surface area contributed by atoms with Crippen LogP contribution in [0.15, 0.2) is 77.7 Å². The molecule has 1 unspecified atom stereocenters. The number of sulfonamides is 1. The largest absolute Gasteiger partial charge is 0.462 e. The third-order valence-electron chi connectivity index (χ3n) is 5.21. The summed E-state index contributed by atoms with van der Waals surface area (Å²) in [7, 11) is -3.96. The molecule has 0 spiro atoms. The lowest BCUT2D eigenvalue weighted by Crippen LogP contribution is -2.34. The lowest BCUT2D eigenvalue weighted by molar-refractivity contribution is 0.0521. The zero-order valence-electron chi connectivity index (χ0n) is 18.4. The van der Waals surface area contributed by atoms with Gasteiger partial charge in [0.1, 0.15) is 5.82 Å². The van der Waals surface area contributed by atoms with Crippen LogP contribution in [0.3, 0.4) is 0 Å². The van der Waals surface area contributed by atoms with E-state index in [0.29, 0.717) is 17.0 Å². The normalized spacial score (nSPS) is 12.5. The van der Waals surface area contributed by atoms with E-state index in [-0.39, 0.29) is 23.6 Å². The van der Waals surface area contributed by atoms with Gasteiger partial charge in [-0.15, -0.1) is 0 Å². The monoisotopic (exact) mass is 489 g/mol. The smallest absolute Gasteiger partial charge is 0.341 e. The SMILES string of the molecule is CCOC(=O)c1ccc(CN(C(CC)c2ccccc2)S(=O)(=O)c2ccc(Cl)cc2)cc1F. The highest BCUT2D eigenvalue weighted by atomic mass is 35.5. The molecule has 0 fully saturated rings. The number of nitrogens with zero attached hydrogens (tertiary/aromatic N) is 1. The van der Waals surface area contributed by atoms with E-state index in [4.69, 9.17) is 16.3 Å². The van der Waals surface area contributed by atoms with Gasteiger partial charge in [-0.25, -0.2) is 17.6 Å². The number of hydrogen-bond donors (Lipinski definition) is 0. The van der Waals surface area contributed by atoms with Crippen molar-refractivity contribution >= 4 is 27.6 Å². The average molecular weight is 490 g/mol. The van der Waals surface area contributed by atoms with Crippen molar-refractivity contribution in [2.45, 2.75) is 37.8 Å². The number of hydrogen-bond acceptors (Lipinski definition) is 4. The van der Waals surface area contributed by atoms with E-state index in [1.165, 1.54) is 46.8 Å². The molecule has 174 valence electrons. The molecule has 5 nitrogen and oxygen atoms in total. The van der Waals surface area contributed by atoms with Gasteiger partial charge in [-0.05, 0) is 60.9 Å². The second-order valence-corrected chi connectivity index (χ2v) is 9.70. The van der Waals surface area contributed by atoms with E-state index in [1.807, 2.05) is 37.3 Å². The summed E-state index contributed by atoms with van der Waals surface area (Å²) >= 11 is 5.95. The first kappa shape index (κ1) is 24.9. The molecule has 33 heavy (non-hydrogen) atoms. The fourth-order valence-electron chi connectivity index (χ4n) is 3.60. The van der Waals surface area contributed by atoms with E-state index >= 15 is 0 Å². The Morgan fingerprint density at radius 1 is 1.03 bits per heavy atom. The fourth-order valence-corrected chi connectivity index (χ4v) is 5.40. The lowest BCUT2D eigenvalue weighted by Gasteiger charge is -2.31. The first-order valence-corrected chi connectivity index (χ1v) is 12.4. The minimum Gasteiger partial charge on any atom is -0.462 e. The maximum atomic E-state index is 14.7. The summed E-state index contributed by atoms with van der Waals surface area (Å²) in [6.45, 7) is 3.57. The fraction of sp³-hybridized carbons (Fsp3) is 0.240. The maximum Gasteiger partial charge on any atom is 0.341 e. The molecule has 0 saturated heterocycles. The van der Waals surface area contributed by atoms with Gasteiger partial charge >= 0.3 is 5.97 Å². The van der Waals surface area contributed by atoms with Crippen LogP contribution in [0.1, 0.15) is 47.8 Å². The van der Waals surface area contributed by atoms with Crippen LogP contribution in [0.4, 0.5) is 4.39 Å². The van der Waals surface area contributed by atoms with Gasteiger partial charge in [0.25, 0.3) is 0 Å². The van der Waals surface area contributed by atoms with Crippen LogP contribution in [0, 0.1) is 5.82 Å². The molecule has 0 aromatic heterocycles. The van der Waals surface area contributed by atoms with Crippen molar-refractivity contribution in [1.29, 1.82) is 0 Å². The first-order valence-electron chi connectivity index (χ1n) is 10.6. The predicted molar refractivity (Wildman–Crippen MR) is 126 cm³/mol. The highest BCUT2D eigenvalue weighted by Gasteiger charge is 2.32. The summed E-state index contributed by atoms with van der Waals surface area (Å²) in [6.07, 6.45) is 0.500. The minimum absolute atomic E-state index is 0.0849. The van der Waals surface area contributed by atoms with Crippen molar-refractivity contribution in [1.82, 2.24) is 4.31 Å². The summed E-state index contributed by atoms with van der Waals surface area (Å²) in [5.41, 5.74) is 1.04. The Kier molecular flexibility index (Phi) is 8.24. The molecule has 0 N–H and O–H groups in total. The number of benzene rings is 3. The van der Waals surface area contributed by atoms with E-state index in [2.05, 4.69) is 0 Å². The quantitative estimate of drug-likeness (QED) is 0.346. The third-order valence-corrected chi connectivity index (χ3v) is 7.33. The zero-order chi connectivity index (χ0) is 24.0. The van der Waals surface area contributed by atoms with Crippen LogP contribution in [-0.4, -0.2) is 25.3 Å². The first-order chi connectivity index (χ1) is 15.8. The number of esters is 1. The molecule has 0 aliphatic carbocycles. The summed E-state index contributed by atoms with van der Waals surface area (Å²) in [5.74, 6) is -1.52. The van der Waals surface area contributed by atoms with Gasteiger partial charge in [0.15, 0.2) is 0 Å². The second-order valence-electron chi connectivity index (χ2n) is 7.37. The van der Waals surface area contributed by atoms with Crippen molar-refractivity contribution in [3.63, 3.8) is 0 Å². The Morgan fingerprint density at radius 3 is 2.27 bits per heavy atom. The molecule has 0 aliphatic heterocycles. The number of ether oxygens (including phenoxy) is 1. The molecule has 3 aromatic rings. The van der Waals surface area contributed by atoms with E-state index in [1.54, 1.807) is 6.92 Å². The Labute approximate surface area is 198 Å². The molecular formula is C25H25ClFNO4S. The number of rotatable bonds is 9. The van der Waals surface area contributed by atoms with Crippen molar-refractivity contribution in [3.8, 4) is 0 Å². The van der Waals surface area contributed by atoms with Gasteiger partial charge in [-0.1, -0.05) is 54.9 Å². The topological polar surface area (TPSA) is 63.7 Å². The Morgan fingerprint density at radius 2 is 1.70 bits per heavy atom. The predicted octanol–water partition coefficient (Wildman–Crippen LogP) is 6.00. The van der Waals surface area contributed by atoms with Crippen LogP contribution in [0.2, 0.25) is 5.02 Å². The van der Waals surface area contributed by atoms with Gasteiger partial charge in [-0.2, -0.15) is 4.31 Å². The molecule has 0 radical (unpaired) electrons. The summed E-state index contributed by atoms with van der Waals surface area (Å²) < 4.78 is 48.2. The Bertz CT molecular complexity index is 1200. The van der Waals surface area contributed by atoms with Gasteiger partial charge in [-0.3, -0.25) is 0 Å². The molecule has 1 atom stereocenters. The van der Waals surface area contributed by atoms with Crippen LogP contribution in [0.5, 0.6) is 0 Å².